The van der Waals surface area contributed by atoms with E-state index in [1.807, 2.05) is 0 Å². The fourth-order valence-electron chi connectivity index (χ4n) is 3.78. The van der Waals surface area contributed by atoms with Gasteiger partial charge in [-0.3, -0.25) is 9.78 Å². The molecule has 1 saturated heterocycles. The van der Waals surface area contributed by atoms with Crippen molar-refractivity contribution in [2.45, 2.75) is 30.8 Å². The minimum absolute atomic E-state index is 0.0420. The highest BCUT2D eigenvalue weighted by Crippen LogP contribution is 2.59. The highest BCUT2D eigenvalue weighted by Gasteiger charge is 2.62. The molecule has 8 nitrogen and oxygen atoms in total. The molecule has 1 aromatic carbocycles. The van der Waals surface area contributed by atoms with Gasteiger partial charge in [-0.2, -0.15) is 17.5 Å². The van der Waals surface area contributed by atoms with Gasteiger partial charge < -0.3 is 10.4 Å². The molecule has 1 amide bonds. The zero-order valence-corrected chi connectivity index (χ0v) is 18.7. The van der Waals surface area contributed by atoms with Gasteiger partial charge in [0.1, 0.15) is 5.82 Å². The molecule has 1 saturated carbocycles. The lowest BCUT2D eigenvalue weighted by molar-refractivity contribution is -0.192. The maximum Gasteiger partial charge on any atom is 0.490 e. The number of nitrogens with zero attached hydrogens (tertiary/aromatic N) is 2. The van der Waals surface area contributed by atoms with Crippen LogP contribution in [0.5, 0.6) is 0 Å². The first-order valence-electron chi connectivity index (χ1n) is 10.0. The van der Waals surface area contributed by atoms with Gasteiger partial charge in [-0.25, -0.2) is 17.6 Å². The van der Waals surface area contributed by atoms with Crippen molar-refractivity contribution < 1.29 is 40.7 Å². The van der Waals surface area contributed by atoms with E-state index in [1.165, 1.54) is 16.4 Å². The number of hydrogen-bond donors (Lipinski definition) is 2. The van der Waals surface area contributed by atoms with Crippen LogP contribution in [0.1, 0.15) is 18.4 Å². The number of carbonyl (C=O) groups is 2. The normalized spacial score (nSPS) is 22.1. The van der Waals surface area contributed by atoms with Gasteiger partial charge in [-0.1, -0.05) is 6.07 Å². The maximum absolute atomic E-state index is 13.8. The highest BCUT2D eigenvalue weighted by atomic mass is 32.2. The Hall–Kier alpha value is -3.06. The molecule has 2 atom stereocenters. The van der Waals surface area contributed by atoms with E-state index in [2.05, 4.69) is 10.3 Å². The summed E-state index contributed by atoms with van der Waals surface area (Å²) in [6.45, 7) is 2.22. The van der Waals surface area contributed by atoms with Crippen LogP contribution in [-0.4, -0.2) is 54.0 Å². The predicted octanol–water partition coefficient (Wildman–Crippen LogP) is 3.20. The molecule has 2 N–H and O–H groups in total. The van der Waals surface area contributed by atoms with Gasteiger partial charge in [0.05, 0.1) is 16.8 Å². The van der Waals surface area contributed by atoms with Crippen LogP contribution in [0.4, 0.5) is 23.2 Å². The zero-order chi connectivity index (χ0) is 25.3. The van der Waals surface area contributed by atoms with E-state index >= 15 is 0 Å². The molecule has 2 heterocycles. The summed E-state index contributed by atoms with van der Waals surface area (Å²) in [7, 11) is -3.77. The van der Waals surface area contributed by atoms with Gasteiger partial charge in [0.25, 0.3) is 0 Å². The van der Waals surface area contributed by atoms with Crippen molar-refractivity contribution in [1.82, 2.24) is 9.29 Å². The van der Waals surface area contributed by atoms with Gasteiger partial charge in [0.15, 0.2) is 0 Å². The lowest BCUT2D eigenvalue weighted by Crippen LogP contribution is -2.30. The number of pyridine rings is 1. The molecular weight excluding hydrogens is 482 g/mol. The quantitative estimate of drug-likeness (QED) is 0.619. The number of alkyl halides is 3. The topological polar surface area (TPSA) is 117 Å². The molecule has 1 aliphatic heterocycles. The van der Waals surface area contributed by atoms with Crippen LogP contribution < -0.4 is 5.32 Å². The molecule has 2 unspecified atom stereocenters. The summed E-state index contributed by atoms with van der Waals surface area (Å²) in [5, 5.41) is 9.96. The molecule has 34 heavy (non-hydrogen) atoms. The Kier molecular flexibility index (Phi) is 6.99. The number of anilines is 1. The lowest BCUT2D eigenvalue weighted by atomic mass is 10.0. The van der Waals surface area contributed by atoms with Crippen LogP contribution in [0.2, 0.25) is 0 Å². The van der Waals surface area contributed by atoms with Crippen molar-refractivity contribution in [3.05, 3.63) is 54.1 Å². The summed E-state index contributed by atoms with van der Waals surface area (Å²) >= 11 is 0. The number of aromatic nitrogens is 1. The second kappa shape index (κ2) is 9.29. The Morgan fingerprint density at radius 3 is 2.50 bits per heavy atom. The van der Waals surface area contributed by atoms with E-state index < -0.39 is 28.0 Å². The minimum Gasteiger partial charge on any atom is -0.475 e. The number of hydrogen-bond acceptors (Lipinski definition) is 5. The van der Waals surface area contributed by atoms with E-state index in [0.717, 1.165) is 6.07 Å². The average molecular weight is 503 g/mol. The standard InChI is InChI=1S/C19H20FN3O3S.C2HF3O2/c1-13-4-5-15(9-17(13)20)27(25,26)23-8-6-19(12-23)10-16(19)18(24)22-14-3-2-7-21-11-14;3-2(4,5)1(6)7/h2-5,7,9,11,16H,6,8,10,12H2,1H3,(H,22,24);(H,6,7). The van der Waals surface area contributed by atoms with Crippen molar-refractivity contribution in [2.24, 2.45) is 11.3 Å². The zero-order valence-electron chi connectivity index (χ0n) is 17.8. The minimum atomic E-state index is -5.08. The Labute approximate surface area is 192 Å². The van der Waals surface area contributed by atoms with Gasteiger partial charge >= 0.3 is 12.1 Å². The molecule has 0 bridgehead atoms. The van der Waals surface area contributed by atoms with Crippen LogP contribution in [0.3, 0.4) is 0 Å². The largest absolute Gasteiger partial charge is 0.490 e. The number of carboxylic acids is 1. The molecule has 2 aromatic rings. The number of sulfonamides is 1. The van der Waals surface area contributed by atoms with E-state index in [4.69, 9.17) is 9.90 Å². The maximum atomic E-state index is 13.8. The van der Waals surface area contributed by atoms with Crippen LogP contribution >= 0.6 is 0 Å². The molecule has 1 aliphatic carbocycles. The van der Waals surface area contributed by atoms with Gasteiger partial charge in [-0.05, 0) is 55.0 Å². The smallest absolute Gasteiger partial charge is 0.475 e. The number of rotatable bonds is 4. The van der Waals surface area contributed by atoms with E-state index in [-0.39, 0.29) is 28.7 Å². The third-order valence-electron chi connectivity index (χ3n) is 5.81. The molecule has 2 aliphatic rings. The van der Waals surface area contributed by atoms with Crippen molar-refractivity contribution in [1.29, 1.82) is 0 Å². The third kappa shape index (κ3) is 5.53. The van der Waals surface area contributed by atoms with Crippen LogP contribution in [0.25, 0.3) is 0 Å². The number of aliphatic carboxylic acids is 1. The summed E-state index contributed by atoms with van der Waals surface area (Å²) in [5.41, 5.74) is 0.714. The summed E-state index contributed by atoms with van der Waals surface area (Å²) < 4.78 is 72.6. The number of halogens is 4. The Bertz CT molecular complexity index is 1190. The van der Waals surface area contributed by atoms with Crippen LogP contribution in [0, 0.1) is 24.1 Å². The first kappa shape index (κ1) is 25.6. The Morgan fingerprint density at radius 1 is 1.26 bits per heavy atom. The van der Waals surface area contributed by atoms with E-state index in [1.54, 1.807) is 31.5 Å². The van der Waals surface area contributed by atoms with Crippen molar-refractivity contribution in [2.75, 3.05) is 18.4 Å². The summed E-state index contributed by atoms with van der Waals surface area (Å²) in [6, 6.07) is 7.46. The number of benzene rings is 1. The molecule has 184 valence electrons. The highest BCUT2D eigenvalue weighted by molar-refractivity contribution is 7.89. The number of carbonyl (C=O) groups excluding carboxylic acids is 1. The van der Waals surface area contributed by atoms with Crippen molar-refractivity contribution >= 4 is 27.6 Å². The van der Waals surface area contributed by atoms with Gasteiger partial charge in [0, 0.05) is 25.2 Å². The second-order valence-electron chi connectivity index (χ2n) is 8.15. The number of amides is 1. The molecular formula is C21H21F4N3O5S. The molecule has 1 spiro atoms. The monoisotopic (exact) mass is 503 g/mol. The Balaban J connectivity index is 0.000000406. The van der Waals surface area contributed by atoms with E-state index in [0.29, 0.717) is 30.6 Å². The molecule has 4 rings (SSSR count). The second-order valence-corrected chi connectivity index (χ2v) is 10.1. The number of nitrogens with one attached hydrogen (secondary N) is 1. The average Bonchev–Trinajstić information content (AvgIpc) is 3.29. The predicted molar refractivity (Wildman–Crippen MR) is 112 cm³/mol. The first-order valence-corrected chi connectivity index (χ1v) is 11.5. The van der Waals surface area contributed by atoms with Gasteiger partial charge in [-0.15, -0.1) is 0 Å². The number of aryl methyl sites for hydroxylation is 1. The van der Waals surface area contributed by atoms with Crippen molar-refractivity contribution in [3.63, 3.8) is 0 Å². The molecule has 13 heteroatoms. The van der Waals surface area contributed by atoms with Crippen LogP contribution in [0.15, 0.2) is 47.6 Å². The SMILES string of the molecule is Cc1ccc(S(=O)(=O)N2CCC3(CC3C(=O)Nc3cccnc3)C2)cc1F.O=C(O)C(F)(F)F. The third-order valence-corrected chi connectivity index (χ3v) is 7.65. The van der Waals surface area contributed by atoms with Crippen molar-refractivity contribution in [3.8, 4) is 0 Å². The first-order chi connectivity index (χ1) is 15.8. The fraction of sp³-hybridized carbons (Fsp3) is 0.381. The number of carboxylic acid groups (broad SMARTS) is 1. The fourth-order valence-corrected chi connectivity index (χ4v) is 5.33. The van der Waals surface area contributed by atoms with Crippen LogP contribution in [-0.2, 0) is 19.6 Å². The van der Waals surface area contributed by atoms with E-state index in [9.17, 15) is 30.8 Å². The lowest BCUT2D eigenvalue weighted by Gasteiger charge is -2.17. The Morgan fingerprint density at radius 2 is 1.94 bits per heavy atom. The summed E-state index contributed by atoms with van der Waals surface area (Å²) in [6.07, 6.45) is -0.592. The molecule has 1 aromatic heterocycles. The summed E-state index contributed by atoms with van der Waals surface area (Å²) in [4.78, 5) is 25.3. The molecule has 0 radical (unpaired) electrons. The molecule has 2 fully saturated rings. The van der Waals surface area contributed by atoms with Gasteiger partial charge in [0.2, 0.25) is 15.9 Å². The summed E-state index contributed by atoms with van der Waals surface area (Å²) in [5.74, 6) is -3.62.